The molecule has 8 nitrogen and oxygen atoms in total. The van der Waals surface area contributed by atoms with Crippen LogP contribution >= 0.6 is 11.6 Å². The summed E-state index contributed by atoms with van der Waals surface area (Å²) in [5, 5.41) is 13.2. The molecule has 2 rings (SSSR count). The lowest BCUT2D eigenvalue weighted by atomic mass is 10.2. The smallest absolute Gasteiger partial charge is 0.270 e. The van der Waals surface area contributed by atoms with Crippen LogP contribution < -0.4 is 5.32 Å². The van der Waals surface area contributed by atoms with Crippen LogP contribution in [0.25, 0.3) is 0 Å². The van der Waals surface area contributed by atoms with E-state index < -0.39 is 20.9 Å². The number of sulfonamides is 1. The summed E-state index contributed by atoms with van der Waals surface area (Å²) in [6.45, 7) is 3.53. The molecule has 2 aromatic rings. The Balaban J connectivity index is 2.20. The van der Waals surface area contributed by atoms with Gasteiger partial charge in [0.05, 0.1) is 20.4 Å². The summed E-state index contributed by atoms with van der Waals surface area (Å²) in [7, 11) is -2.13. The summed E-state index contributed by atoms with van der Waals surface area (Å²) in [5.41, 5.74) is 0.208. The number of benzene rings is 2. The molecule has 0 atom stereocenters. The van der Waals surface area contributed by atoms with Crippen molar-refractivity contribution in [3.8, 4) is 0 Å². The van der Waals surface area contributed by atoms with Crippen LogP contribution in [0.15, 0.2) is 47.4 Å². The molecule has 0 aliphatic carbocycles. The van der Waals surface area contributed by atoms with Gasteiger partial charge in [0.1, 0.15) is 0 Å². The highest BCUT2D eigenvalue weighted by Crippen LogP contribution is 2.24. The van der Waals surface area contributed by atoms with Gasteiger partial charge >= 0.3 is 0 Å². The Morgan fingerprint density at radius 3 is 2.26 bits per heavy atom. The second-order valence-corrected chi connectivity index (χ2v) is 8.42. The van der Waals surface area contributed by atoms with Crippen molar-refractivity contribution in [2.75, 3.05) is 12.4 Å². The van der Waals surface area contributed by atoms with E-state index in [4.69, 9.17) is 11.6 Å². The summed E-state index contributed by atoms with van der Waals surface area (Å²) in [6.07, 6.45) is 0. The average Bonchev–Trinajstić information content (AvgIpc) is 2.61. The number of carbonyl (C=O) groups excluding carboxylic acids is 1. The van der Waals surface area contributed by atoms with Crippen molar-refractivity contribution < 1.29 is 18.1 Å². The van der Waals surface area contributed by atoms with Crippen LogP contribution in [-0.2, 0) is 10.0 Å². The van der Waals surface area contributed by atoms with Crippen molar-refractivity contribution in [2.24, 2.45) is 0 Å². The van der Waals surface area contributed by atoms with E-state index in [1.165, 1.54) is 47.8 Å². The zero-order valence-corrected chi connectivity index (χ0v) is 16.4. The van der Waals surface area contributed by atoms with E-state index in [0.717, 1.165) is 6.07 Å². The van der Waals surface area contributed by atoms with Gasteiger partial charge in [0.15, 0.2) is 0 Å². The van der Waals surface area contributed by atoms with Gasteiger partial charge in [-0.05, 0) is 44.2 Å². The number of nitro benzene ring substituents is 1. The summed E-state index contributed by atoms with van der Waals surface area (Å²) < 4.78 is 26.1. The second kappa shape index (κ2) is 8.03. The van der Waals surface area contributed by atoms with E-state index in [9.17, 15) is 23.3 Å². The average molecular weight is 412 g/mol. The van der Waals surface area contributed by atoms with Crippen LogP contribution in [0, 0.1) is 10.1 Å². The summed E-state index contributed by atoms with van der Waals surface area (Å²) in [4.78, 5) is 22.5. The lowest BCUT2D eigenvalue weighted by Crippen LogP contribution is -2.33. The van der Waals surface area contributed by atoms with Gasteiger partial charge in [0, 0.05) is 30.9 Å². The zero-order valence-electron chi connectivity index (χ0n) is 14.8. The second-order valence-electron chi connectivity index (χ2n) is 6.01. The van der Waals surface area contributed by atoms with E-state index in [1.807, 2.05) is 0 Å². The Morgan fingerprint density at radius 1 is 1.19 bits per heavy atom. The van der Waals surface area contributed by atoms with E-state index in [0.29, 0.717) is 5.69 Å². The van der Waals surface area contributed by atoms with Gasteiger partial charge in [-0.3, -0.25) is 14.9 Å². The number of non-ortho nitro benzene ring substituents is 1. The molecule has 0 aliphatic heterocycles. The Bertz CT molecular complexity index is 975. The molecule has 144 valence electrons. The third-order valence-corrected chi connectivity index (χ3v) is 6.28. The number of halogens is 1. The largest absolute Gasteiger partial charge is 0.322 e. The number of carbonyl (C=O) groups is 1. The van der Waals surface area contributed by atoms with Crippen LogP contribution in [0.3, 0.4) is 0 Å². The van der Waals surface area contributed by atoms with Crippen molar-refractivity contribution >= 4 is 38.9 Å². The Morgan fingerprint density at radius 2 is 1.78 bits per heavy atom. The van der Waals surface area contributed by atoms with Gasteiger partial charge in [-0.15, -0.1) is 0 Å². The van der Waals surface area contributed by atoms with E-state index in [2.05, 4.69) is 5.32 Å². The van der Waals surface area contributed by atoms with Gasteiger partial charge < -0.3 is 5.32 Å². The summed E-state index contributed by atoms with van der Waals surface area (Å²) in [6, 6.07) is 9.02. The Kier molecular flexibility index (Phi) is 6.19. The first-order valence-electron chi connectivity index (χ1n) is 7.87. The van der Waals surface area contributed by atoms with Gasteiger partial charge in [0.25, 0.3) is 11.6 Å². The molecule has 2 aromatic carbocycles. The number of nitrogens with one attached hydrogen (secondary N) is 1. The molecule has 0 spiro atoms. The Hall–Kier alpha value is -2.49. The first kappa shape index (κ1) is 20.8. The highest BCUT2D eigenvalue weighted by Gasteiger charge is 2.23. The highest BCUT2D eigenvalue weighted by molar-refractivity contribution is 7.89. The van der Waals surface area contributed by atoms with Crippen LogP contribution in [0.1, 0.15) is 24.2 Å². The fourth-order valence-electron chi connectivity index (χ4n) is 2.15. The molecule has 0 radical (unpaired) electrons. The van der Waals surface area contributed by atoms with Gasteiger partial charge in [-0.25, -0.2) is 8.42 Å². The first-order valence-corrected chi connectivity index (χ1v) is 9.69. The van der Waals surface area contributed by atoms with Crippen LogP contribution in [-0.4, -0.2) is 36.6 Å². The molecule has 0 aromatic heterocycles. The van der Waals surface area contributed by atoms with Crippen molar-refractivity contribution in [3.05, 3.63) is 63.2 Å². The lowest BCUT2D eigenvalue weighted by molar-refractivity contribution is -0.384. The highest BCUT2D eigenvalue weighted by atomic mass is 35.5. The summed E-state index contributed by atoms with van der Waals surface area (Å²) >= 11 is 5.93. The third kappa shape index (κ3) is 4.62. The number of nitro groups is 1. The fourth-order valence-corrected chi connectivity index (χ4v) is 3.78. The molecule has 0 aliphatic rings. The fraction of sp³-hybridized carbons (Fsp3) is 0.235. The normalized spacial score (nSPS) is 11.6. The van der Waals surface area contributed by atoms with Gasteiger partial charge in [-0.1, -0.05) is 11.6 Å². The minimum Gasteiger partial charge on any atom is -0.322 e. The van der Waals surface area contributed by atoms with Crippen molar-refractivity contribution in [2.45, 2.75) is 24.8 Å². The minimum atomic E-state index is -3.62. The van der Waals surface area contributed by atoms with Crippen LogP contribution in [0.5, 0.6) is 0 Å². The monoisotopic (exact) mass is 411 g/mol. The summed E-state index contributed by atoms with van der Waals surface area (Å²) in [5.74, 6) is -0.565. The molecule has 0 fully saturated rings. The number of rotatable bonds is 6. The predicted molar refractivity (Wildman–Crippen MR) is 103 cm³/mol. The van der Waals surface area contributed by atoms with Crippen molar-refractivity contribution in [1.29, 1.82) is 0 Å². The van der Waals surface area contributed by atoms with Crippen molar-refractivity contribution in [3.63, 3.8) is 0 Å². The van der Waals surface area contributed by atoms with Crippen LogP contribution in [0.4, 0.5) is 11.4 Å². The SMILES string of the molecule is CC(C)N(C)S(=O)(=O)c1ccc(NC(=O)c2ccc([N+](=O)[O-])cc2Cl)cc1. The Labute approximate surface area is 162 Å². The number of nitrogens with zero attached hydrogens (tertiary/aromatic N) is 2. The predicted octanol–water partition coefficient (Wildman–Crippen LogP) is 3.53. The van der Waals surface area contributed by atoms with Gasteiger partial charge in [0.2, 0.25) is 10.0 Å². The maximum atomic E-state index is 12.4. The maximum Gasteiger partial charge on any atom is 0.270 e. The molecule has 1 amide bonds. The molecule has 0 bridgehead atoms. The first-order chi connectivity index (χ1) is 12.5. The molecular weight excluding hydrogens is 394 g/mol. The number of hydrogen-bond acceptors (Lipinski definition) is 5. The standard InChI is InChI=1S/C17H18ClN3O5S/c1-11(2)20(3)27(25,26)14-7-4-12(5-8-14)19-17(22)15-9-6-13(21(23)24)10-16(15)18/h4-11H,1-3H3,(H,19,22). The molecule has 0 unspecified atom stereocenters. The van der Waals surface area contributed by atoms with E-state index in [1.54, 1.807) is 13.8 Å². The zero-order chi connectivity index (χ0) is 20.4. The quantitative estimate of drug-likeness (QED) is 0.577. The molecule has 0 heterocycles. The topological polar surface area (TPSA) is 110 Å². The molecule has 0 saturated heterocycles. The molecule has 27 heavy (non-hydrogen) atoms. The molecule has 1 N–H and O–H groups in total. The number of hydrogen-bond donors (Lipinski definition) is 1. The minimum absolute atomic E-state index is 0.0561. The van der Waals surface area contributed by atoms with Crippen LogP contribution in [0.2, 0.25) is 5.02 Å². The molecule has 0 saturated carbocycles. The maximum absolute atomic E-state index is 12.4. The van der Waals surface area contributed by atoms with E-state index in [-0.39, 0.29) is 27.2 Å². The third-order valence-electron chi connectivity index (χ3n) is 3.92. The molecule has 10 heteroatoms. The number of amides is 1. The van der Waals surface area contributed by atoms with E-state index >= 15 is 0 Å². The molecular formula is C17H18ClN3O5S. The lowest BCUT2D eigenvalue weighted by Gasteiger charge is -2.21. The van der Waals surface area contributed by atoms with Crippen molar-refractivity contribution in [1.82, 2.24) is 4.31 Å². The number of anilines is 1. The van der Waals surface area contributed by atoms with Gasteiger partial charge in [-0.2, -0.15) is 4.31 Å².